The fraction of sp³-hybridized carbons (Fsp3) is 0.258. The van der Waals surface area contributed by atoms with Gasteiger partial charge in [0.15, 0.2) is 0 Å². The Morgan fingerprint density at radius 3 is 2.54 bits per heavy atom. The first-order valence-electron chi connectivity index (χ1n) is 13.1. The number of hydrogen-bond donors (Lipinski definition) is 1. The molecule has 1 aliphatic rings. The molecule has 5 aromatic rings. The zero-order valence-corrected chi connectivity index (χ0v) is 22.2. The van der Waals surface area contributed by atoms with E-state index in [-0.39, 0.29) is 12.0 Å². The highest BCUT2D eigenvalue weighted by Crippen LogP contribution is 2.38. The van der Waals surface area contributed by atoms with Gasteiger partial charge in [-0.1, -0.05) is 35.5 Å². The van der Waals surface area contributed by atoms with Crippen LogP contribution in [0.3, 0.4) is 0 Å². The van der Waals surface area contributed by atoms with Crippen molar-refractivity contribution in [2.24, 2.45) is 5.73 Å². The summed E-state index contributed by atoms with van der Waals surface area (Å²) in [5.41, 5.74) is 12.2. The number of nitrogens with two attached hydrogens (primary N) is 1. The molecule has 2 N–H and O–H groups in total. The molecule has 1 saturated heterocycles. The second kappa shape index (κ2) is 9.71. The summed E-state index contributed by atoms with van der Waals surface area (Å²) in [5.74, 6) is 0.0793. The summed E-state index contributed by atoms with van der Waals surface area (Å²) in [6.45, 7) is 7.89. The van der Waals surface area contributed by atoms with E-state index in [2.05, 4.69) is 27.9 Å². The SMILES string of the molecule is Cc1noc(C)c1-c1cc(C(N)=O)c2c3cc(C(=O)N4CCOC(C)C4)ccc3n(Cc3ccccc3)c2c1. The van der Waals surface area contributed by atoms with E-state index in [0.29, 0.717) is 43.1 Å². The second-order valence-electron chi connectivity index (χ2n) is 10.2. The molecule has 8 heteroatoms. The molecule has 8 nitrogen and oxygen atoms in total. The second-order valence-corrected chi connectivity index (χ2v) is 10.2. The first kappa shape index (κ1) is 24.9. The van der Waals surface area contributed by atoms with Gasteiger partial charge in [0.25, 0.3) is 5.91 Å². The summed E-state index contributed by atoms with van der Waals surface area (Å²) in [6, 6.07) is 19.7. The van der Waals surface area contributed by atoms with Crippen LogP contribution in [-0.4, -0.2) is 52.2 Å². The molecule has 6 rings (SSSR count). The van der Waals surface area contributed by atoms with Crippen molar-refractivity contribution in [3.63, 3.8) is 0 Å². The lowest BCUT2D eigenvalue weighted by atomic mass is 9.97. The summed E-state index contributed by atoms with van der Waals surface area (Å²) >= 11 is 0. The number of amides is 2. The zero-order valence-electron chi connectivity index (χ0n) is 22.2. The Labute approximate surface area is 225 Å². The summed E-state index contributed by atoms with van der Waals surface area (Å²) < 4.78 is 13.2. The third-order valence-electron chi connectivity index (χ3n) is 7.51. The Kier molecular flexibility index (Phi) is 6.19. The lowest BCUT2D eigenvalue weighted by Gasteiger charge is -2.31. The maximum absolute atomic E-state index is 13.5. The van der Waals surface area contributed by atoms with Crippen LogP contribution in [0.15, 0.2) is 65.2 Å². The van der Waals surface area contributed by atoms with Crippen molar-refractivity contribution in [3.05, 3.63) is 88.8 Å². The fourth-order valence-corrected chi connectivity index (χ4v) is 5.71. The van der Waals surface area contributed by atoms with Crippen molar-refractivity contribution in [1.82, 2.24) is 14.6 Å². The van der Waals surface area contributed by atoms with Gasteiger partial charge >= 0.3 is 0 Å². The molecule has 0 spiro atoms. The van der Waals surface area contributed by atoms with E-state index < -0.39 is 5.91 Å². The maximum atomic E-state index is 13.5. The van der Waals surface area contributed by atoms with E-state index in [4.69, 9.17) is 15.0 Å². The van der Waals surface area contributed by atoms with Gasteiger partial charge in [-0.3, -0.25) is 9.59 Å². The van der Waals surface area contributed by atoms with Crippen LogP contribution in [0.5, 0.6) is 0 Å². The Hall–Kier alpha value is -4.43. The smallest absolute Gasteiger partial charge is 0.254 e. The van der Waals surface area contributed by atoms with Crippen LogP contribution in [0.25, 0.3) is 32.9 Å². The molecule has 39 heavy (non-hydrogen) atoms. The highest BCUT2D eigenvalue weighted by Gasteiger charge is 2.25. The van der Waals surface area contributed by atoms with Crippen molar-refractivity contribution in [2.75, 3.05) is 19.7 Å². The number of rotatable bonds is 5. The predicted octanol–water partition coefficient (Wildman–Crippen LogP) is 5.07. The number of carbonyl (C=O) groups is 2. The molecular formula is C31H30N4O4. The van der Waals surface area contributed by atoms with Crippen LogP contribution >= 0.6 is 0 Å². The number of fused-ring (bicyclic) bond motifs is 3. The average molecular weight is 523 g/mol. The van der Waals surface area contributed by atoms with Crippen molar-refractivity contribution < 1.29 is 18.8 Å². The Balaban J connectivity index is 1.61. The fourth-order valence-electron chi connectivity index (χ4n) is 5.71. The van der Waals surface area contributed by atoms with Crippen LogP contribution < -0.4 is 5.73 Å². The van der Waals surface area contributed by atoms with Crippen LogP contribution in [0, 0.1) is 13.8 Å². The molecule has 3 heterocycles. The number of benzene rings is 3. The van der Waals surface area contributed by atoms with Crippen molar-refractivity contribution in [1.29, 1.82) is 0 Å². The van der Waals surface area contributed by atoms with Crippen molar-refractivity contribution in [2.45, 2.75) is 33.4 Å². The summed E-state index contributed by atoms with van der Waals surface area (Å²) in [7, 11) is 0. The average Bonchev–Trinajstić information content (AvgIpc) is 3.43. The van der Waals surface area contributed by atoms with Gasteiger partial charge in [0, 0.05) is 52.6 Å². The Morgan fingerprint density at radius 1 is 1.05 bits per heavy atom. The lowest BCUT2D eigenvalue weighted by molar-refractivity contribution is -0.0124. The van der Waals surface area contributed by atoms with Gasteiger partial charge in [0.1, 0.15) is 5.76 Å². The topological polar surface area (TPSA) is 104 Å². The number of aryl methyl sites for hydroxylation is 2. The first-order valence-corrected chi connectivity index (χ1v) is 13.1. The number of hydrogen-bond acceptors (Lipinski definition) is 5. The summed E-state index contributed by atoms with van der Waals surface area (Å²) in [6.07, 6.45) is -0.0107. The minimum atomic E-state index is -0.536. The number of carbonyl (C=O) groups excluding carboxylic acids is 2. The molecule has 1 unspecified atom stereocenters. The summed E-state index contributed by atoms with van der Waals surface area (Å²) in [5, 5.41) is 5.65. The number of ether oxygens (including phenoxy) is 1. The van der Waals surface area contributed by atoms with Crippen molar-refractivity contribution >= 4 is 33.6 Å². The van der Waals surface area contributed by atoms with Gasteiger partial charge in [-0.05, 0) is 62.2 Å². The first-order chi connectivity index (χ1) is 18.8. The zero-order chi connectivity index (χ0) is 27.3. The molecule has 2 amide bonds. The van der Waals surface area contributed by atoms with E-state index in [1.807, 2.05) is 68.1 Å². The maximum Gasteiger partial charge on any atom is 0.254 e. The minimum Gasteiger partial charge on any atom is -0.375 e. The molecule has 0 radical (unpaired) electrons. The van der Waals surface area contributed by atoms with Crippen LogP contribution in [0.1, 0.15) is 44.7 Å². The molecule has 0 bridgehead atoms. The van der Waals surface area contributed by atoms with Gasteiger partial charge < -0.3 is 24.5 Å². The van der Waals surface area contributed by atoms with Gasteiger partial charge in [-0.2, -0.15) is 0 Å². The molecule has 0 aliphatic carbocycles. The molecule has 1 fully saturated rings. The number of morpholine rings is 1. The Morgan fingerprint density at radius 2 is 1.85 bits per heavy atom. The van der Waals surface area contributed by atoms with Gasteiger partial charge in [0.2, 0.25) is 5.91 Å². The third kappa shape index (κ3) is 4.36. The number of aromatic nitrogens is 2. The monoisotopic (exact) mass is 522 g/mol. The van der Waals surface area contributed by atoms with Crippen LogP contribution in [-0.2, 0) is 11.3 Å². The Bertz CT molecular complexity index is 1710. The normalized spacial score (nSPS) is 15.8. The third-order valence-corrected chi connectivity index (χ3v) is 7.51. The largest absolute Gasteiger partial charge is 0.375 e. The van der Waals surface area contributed by atoms with Gasteiger partial charge in [0.05, 0.1) is 23.9 Å². The predicted molar refractivity (Wildman–Crippen MR) is 150 cm³/mol. The van der Waals surface area contributed by atoms with E-state index in [1.165, 1.54) is 0 Å². The van der Waals surface area contributed by atoms with Crippen LogP contribution in [0.2, 0.25) is 0 Å². The molecular weight excluding hydrogens is 492 g/mol. The van der Waals surface area contributed by atoms with Gasteiger partial charge in [-0.15, -0.1) is 0 Å². The lowest BCUT2D eigenvalue weighted by Crippen LogP contribution is -2.44. The molecule has 2 aromatic heterocycles. The highest BCUT2D eigenvalue weighted by atomic mass is 16.5. The molecule has 1 aliphatic heterocycles. The minimum absolute atomic E-state index is 0.0107. The van der Waals surface area contributed by atoms with Gasteiger partial charge in [-0.25, -0.2) is 0 Å². The van der Waals surface area contributed by atoms with Crippen molar-refractivity contribution in [3.8, 4) is 11.1 Å². The quantitative estimate of drug-likeness (QED) is 0.347. The molecule has 0 saturated carbocycles. The molecule has 3 aromatic carbocycles. The molecule has 198 valence electrons. The molecule has 1 atom stereocenters. The number of primary amides is 1. The van der Waals surface area contributed by atoms with Crippen LogP contribution in [0.4, 0.5) is 0 Å². The highest BCUT2D eigenvalue weighted by molar-refractivity contribution is 6.20. The standard InChI is InChI=1S/C31H30N4O4/c1-18-16-34(11-12-38-18)31(37)22-9-10-26-24(13-22)29-25(30(32)36)14-23(28-19(2)33-39-20(28)3)15-27(29)35(26)17-21-7-5-4-6-8-21/h4-10,13-15,18H,11-12,16-17H2,1-3H3,(H2,32,36). The number of nitrogens with zero attached hydrogens (tertiary/aromatic N) is 3. The van der Waals surface area contributed by atoms with E-state index >= 15 is 0 Å². The van der Waals surface area contributed by atoms with E-state index in [1.54, 1.807) is 0 Å². The van der Waals surface area contributed by atoms with E-state index in [9.17, 15) is 9.59 Å². The van der Waals surface area contributed by atoms with E-state index in [0.717, 1.165) is 44.2 Å². The summed E-state index contributed by atoms with van der Waals surface area (Å²) in [4.78, 5) is 28.2.